The summed E-state index contributed by atoms with van der Waals surface area (Å²) >= 11 is 11.0. The van der Waals surface area contributed by atoms with Gasteiger partial charge in [-0.25, -0.2) is 17.6 Å². The van der Waals surface area contributed by atoms with Crippen LogP contribution in [0.2, 0.25) is 5.02 Å². The van der Waals surface area contributed by atoms with E-state index in [1.807, 2.05) is 0 Å². The molecule has 2 fully saturated rings. The van der Waals surface area contributed by atoms with Gasteiger partial charge in [0.15, 0.2) is 5.11 Å². The summed E-state index contributed by atoms with van der Waals surface area (Å²) in [6, 6.07) is 4.96. The molecule has 1 N–H and O–H groups in total. The minimum Gasteiger partial charge on any atom is -0.496 e. The molecule has 1 aliphatic carbocycles. The molecule has 2 aliphatic rings. The highest BCUT2D eigenvalue weighted by molar-refractivity contribution is 7.80. The number of carbonyl (C=O) groups excluding carboxylic acids is 1. The lowest BCUT2D eigenvalue weighted by molar-refractivity contribution is -0.122. The molecule has 0 radical (unpaired) electrons. The monoisotopic (exact) mass is 488 g/mol. The maximum atomic E-state index is 13.5. The Labute approximate surface area is 190 Å². The summed E-state index contributed by atoms with van der Waals surface area (Å²) in [5.41, 5.74) is -0.480. The van der Waals surface area contributed by atoms with Gasteiger partial charge in [-0.3, -0.25) is 14.4 Å². The lowest BCUT2D eigenvalue weighted by Gasteiger charge is -2.12. The molecule has 1 saturated heterocycles. The number of aromatic nitrogens is 2. The number of hydrogen-bond acceptors (Lipinski definition) is 4. The molecule has 0 bridgehead atoms. The van der Waals surface area contributed by atoms with E-state index in [0.29, 0.717) is 22.0 Å². The van der Waals surface area contributed by atoms with E-state index in [-0.39, 0.29) is 24.2 Å². The van der Waals surface area contributed by atoms with Crippen molar-refractivity contribution in [3.05, 3.63) is 51.4 Å². The molecule has 1 aliphatic heterocycles. The molecule has 0 atom stereocenters. The van der Waals surface area contributed by atoms with E-state index in [2.05, 4.69) is 10.4 Å². The van der Waals surface area contributed by atoms with Crippen molar-refractivity contribution in [3.8, 4) is 5.75 Å². The molecule has 1 aromatic heterocycles. The number of thiocarbonyl (C=S) groups is 1. The predicted molar refractivity (Wildman–Crippen MR) is 113 cm³/mol. The number of nitrogens with zero attached hydrogens (tertiary/aromatic N) is 3. The van der Waals surface area contributed by atoms with Gasteiger partial charge in [0.1, 0.15) is 22.8 Å². The van der Waals surface area contributed by atoms with E-state index >= 15 is 0 Å². The van der Waals surface area contributed by atoms with Crippen LogP contribution in [0.1, 0.15) is 48.2 Å². The first-order valence-electron chi connectivity index (χ1n) is 9.56. The van der Waals surface area contributed by atoms with E-state index in [0.717, 1.165) is 17.5 Å². The molecular formula is C20H17ClF4N4O2S. The van der Waals surface area contributed by atoms with E-state index in [1.54, 1.807) is 24.3 Å². The van der Waals surface area contributed by atoms with Crippen LogP contribution in [-0.2, 0) is 11.3 Å². The predicted octanol–water partition coefficient (Wildman–Crippen LogP) is 4.69. The van der Waals surface area contributed by atoms with Crippen molar-refractivity contribution in [1.82, 2.24) is 20.0 Å². The number of halogens is 5. The molecule has 1 aromatic carbocycles. The first-order valence-corrected chi connectivity index (χ1v) is 10.4. The summed E-state index contributed by atoms with van der Waals surface area (Å²) in [5, 5.41) is 6.05. The average molecular weight is 489 g/mol. The Morgan fingerprint density at radius 1 is 1.31 bits per heavy atom. The fourth-order valence-corrected chi connectivity index (χ4v) is 4.14. The van der Waals surface area contributed by atoms with Crippen LogP contribution >= 0.6 is 23.8 Å². The van der Waals surface area contributed by atoms with Crippen LogP contribution in [0.25, 0.3) is 6.08 Å². The van der Waals surface area contributed by atoms with Crippen molar-refractivity contribution in [2.75, 3.05) is 7.11 Å². The van der Waals surface area contributed by atoms with Crippen LogP contribution in [0.4, 0.5) is 17.6 Å². The van der Waals surface area contributed by atoms with E-state index in [4.69, 9.17) is 28.6 Å². The Morgan fingerprint density at radius 3 is 2.62 bits per heavy atom. The molecule has 4 rings (SSSR count). The first-order chi connectivity index (χ1) is 15.2. The molecule has 0 unspecified atom stereocenters. The number of methoxy groups -OCH3 is 1. The van der Waals surface area contributed by atoms with Gasteiger partial charge in [0.2, 0.25) is 0 Å². The fraction of sp³-hybridized carbons (Fsp3) is 0.350. The Hall–Kier alpha value is -2.66. The highest BCUT2D eigenvalue weighted by Crippen LogP contribution is 2.36. The van der Waals surface area contributed by atoms with Crippen molar-refractivity contribution < 1.29 is 27.1 Å². The Balaban J connectivity index is 1.68. The number of amides is 1. The zero-order valence-electron chi connectivity index (χ0n) is 16.6. The highest BCUT2D eigenvalue weighted by Gasteiger charge is 2.41. The van der Waals surface area contributed by atoms with E-state index in [9.17, 15) is 22.4 Å². The summed E-state index contributed by atoms with van der Waals surface area (Å²) in [5.74, 6) is 0.0914. The van der Waals surface area contributed by atoms with E-state index < -0.39 is 29.3 Å². The van der Waals surface area contributed by atoms with Gasteiger partial charge in [0.05, 0.1) is 18.7 Å². The second-order valence-corrected chi connectivity index (χ2v) is 8.07. The number of alkyl halides is 4. The zero-order valence-corrected chi connectivity index (χ0v) is 18.2. The van der Waals surface area contributed by atoms with Crippen LogP contribution in [-0.4, -0.2) is 38.9 Å². The number of rotatable bonds is 7. The highest BCUT2D eigenvalue weighted by atomic mass is 35.5. The summed E-state index contributed by atoms with van der Waals surface area (Å²) in [4.78, 5) is 14.2. The molecule has 2 heterocycles. The minimum atomic E-state index is -3.10. The van der Waals surface area contributed by atoms with Gasteiger partial charge < -0.3 is 10.1 Å². The van der Waals surface area contributed by atoms with Crippen molar-refractivity contribution in [1.29, 1.82) is 0 Å². The van der Waals surface area contributed by atoms with Crippen LogP contribution in [0.5, 0.6) is 5.75 Å². The largest absolute Gasteiger partial charge is 0.496 e. The Morgan fingerprint density at radius 2 is 2.03 bits per heavy atom. The maximum Gasteiger partial charge on any atom is 0.283 e. The average Bonchev–Trinajstić information content (AvgIpc) is 3.44. The maximum absolute atomic E-state index is 13.5. The van der Waals surface area contributed by atoms with Gasteiger partial charge in [0.25, 0.3) is 18.8 Å². The van der Waals surface area contributed by atoms with Gasteiger partial charge in [0, 0.05) is 11.6 Å². The minimum absolute atomic E-state index is 0.112. The second-order valence-electron chi connectivity index (χ2n) is 7.31. The third kappa shape index (κ3) is 4.18. The molecule has 170 valence electrons. The number of ether oxygens (including phenoxy) is 1. The van der Waals surface area contributed by atoms with Gasteiger partial charge in [-0.15, -0.1) is 0 Å². The lowest BCUT2D eigenvalue weighted by Crippen LogP contribution is -2.32. The molecule has 0 spiro atoms. The summed E-state index contributed by atoms with van der Waals surface area (Å²) in [6.07, 6.45) is -2.83. The molecule has 32 heavy (non-hydrogen) atoms. The van der Waals surface area contributed by atoms with Crippen molar-refractivity contribution in [3.63, 3.8) is 0 Å². The fourth-order valence-electron chi connectivity index (χ4n) is 3.49. The molecule has 6 nitrogen and oxygen atoms in total. The smallest absolute Gasteiger partial charge is 0.283 e. The van der Waals surface area contributed by atoms with Gasteiger partial charge in [-0.1, -0.05) is 17.7 Å². The molecule has 1 saturated carbocycles. The normalized spacial score (nSPS) is 17.8. The molecule has 12 heteroatoms. The van der Waals surface area contributed by atoms with Crippen molar-refractivity contribution in [2.45, 2.75) is 38.3 Å². The van der Waals surface area contributed by atoms with Gasteiger partial charge in [-0.05, 0) is 48.8 Å². The van der Waals surface area contributed by atoms with Crippen molar-refractivity contribution >= 4 is 40.9 Å². The first kappa shape index (κ1) is 22.5. The SMILES string of the molecule is COc1ccc(/C=C2/NC(=S)N(C3CC3)C2=O)cc1Cn1nc(C(F)F)c(Cl)c1C(F)F. The van der Waals surface area contributed by atoms with Crippen LogP contribution < -0.4 is 10.1 Å². The number of hydrogen-bond donors (Lipinski definition) is 1. The van der Waals surface area contributed by atoms with Gasteiger partial charge in [-0.2, -0.15) is 5.10 Å². The Kier molecular flexibility index (Phi) is 6.13. The Bertz CT molecular complexity index is 1120. The molecular weight excluding hydrogens is 472 g/mol. The topological polar surface area (TPSA) is 59.4 Å². The summed E-state index contributed by atoms with van der Waals surface area (Å²) < 4.78 is 59.3. The number of nitrogens with one attached hydrogen (secondary N) is 1. The quantitative estimate of drug-likeness (QED) is 0.348. The zero-order chi connectivity index (χ0) is 23.2. The molecule has 2 aromatic rings. The van der Waals surface area contributed by atoms with Crippen molar-refractivity contribution in [2.24, 2.45) is 0 Å². The summed E-state index contributed by atoms with van der Waals surface area (Å²) in [7, 11) is 1.39. The standard InChI is InChI=1S/C20H17ClF4N4O2S/c1-31-13-5-2-9(7-12-19(30)29(11-3-4-11)20(32)26-12)6-10(13)8-28-16(18(24)25)14(21)15(27-28)17(22)23/h2,5-7,11,17-18H,3-4,8H2,1H3,(H,26,32)/b12-7+. The van der Waals surface area contributed by atoms with Crippen LogP contribution in [0.15, 0.2) is 23.9 Å². The second kappa shape index (κ2) is 8.70. The lowest BCUT2D eigenvalue weighted by atomic mass is 10.1. The summed E-state index contributed by atoms with van der Waals surface area (Å²) in [6.45, 7) is -0.291. The third-order valence-corrected chi connectivity index (χ3v) is 5.81. The number of benzene rings is 1. The number of carbonyl (C=O) groups is 1. The molecule has 1 amide bonds. The van der Waals surface area contributed by atoms with Crippen LogP contribution in [0, 0.1) is 0 Å². The third-order valence-electron chi connectivity index (χ3n) is 5.13. The van der Waals surface area contributed by atoms with E-state index in [1.165, 1.54) is 12.0 Å². The van der Waals surface area contributed by atoms with Gasteiger partial charge >= 0.3 is 0 Å². The van der Waals surface area contributed by atoms with Crippen LogP contribution in [0.3, 0.4) is 0 Å².